The molecule has 3 fully saturated rings. The molecular formula is C34H40ClFN6O4. The van der Waals surface area contributed by atoms with Crippen molar-refractivity contribution < 1.29 is 23.5 Å². The van der Waals surface area contributed by atoms with Crippen LogP contribution in [0.25, 0.3) is 16.8 Å². The molecule has 7 rings (SSSR count). The van der Waals surface area contributed by atoms with Gasteiger partial charge in [0.2, 0.25) is 11.8 Å². The van der Waals surface area contributed by atoms with Crippen LogP contribution in [0, 0.1) is 17.3 Å². The number of likely N-dealkylation sites (tertiary alicyclic amines) is 2. The first-order valence-electron chi connectivity index (χ1n) is 16.1. The van der Waals surface area contributed by atoms with E-state index < -0.39 is 17.4 Å². The first-order chi connectivity index (χ1) is 21.6. The van der Waals surface area contributed by atoms with Crippen molar-refractivity contribution in [2.75, 3.05) is 31.1 Å². The average Bonchev–Trinajstić information content (AvgIpc) is 3.20. The molecule has 0 bridgehead atoms. The van der Waals surface area contributed by atoms with E-state index in [9.17, 15) is 14.4 Å². The summed E-state index contributed by atoms with van der Waals surface area (Å²) in [4.78, 5) is 48.3. The van der Waals surface area contributed by atoms with Gasteiger partial charge in [-0.15, -0.1) is 0 Å². The molecular weight excluding hydrogens is 611 g/mol. The third-order valence-corrected chi connectivity index (χ3v) is 10.3. The van der Waals surface area contributed by atoms with Gasteiger partial charge in [0.25, 0.3) is 0 Å². The molecule has 4 aliphatic rings. The maximum absolute atomic E-state index is 16.5. The van der Waals surface area contributed by atoms with Gasteiger partial charge in [-0.2, -0.15) is 5.10 Å². The van der Waals surface area contributed by atoms with E-state index in [0.717, 1.165) is 35.2 Å². The van der Waals surface area contributed by atoms with Gasteiger partial charge in [-0.05, 0) is 68.4 Å². The molecule has 10 nitrogen and oxygen atoms in total. The molecule has 3 aliphatic heterocycles. The molecule has 0 spiro atoms. The molecule has 2 saturated heterocycles. The Morgan fingerprint density at radius 3 is 2.46 bits per heavy atom. The molecule has 46 heavy (non-hydrogen) atoms. The van der Waals surface area contributed by atoms with Gasteiger partial charge in [-0.1, -0.05) is 25.4 Å². The number of fused-ring (bicyclic) bond motifs is 3. The molecule has 3 amide bonds. The second-order valence-electron chi connectivity index (χ2n) is 14.9. The topological polar surface area (TPSA) is 100 Å². The van der Waals surface area contributed by atoms with Crippen molar-refractivity contribution >= 4 is 40.7 Å². The SMILES string of the molecule is CC(C)(C)OC(=O)N1CCC(F)(CN2CCCc3cc(Cl)cc(-c4ncnn5cc(CN6C(=O)C7C(C6=O)C7(C)C)cc45)c32)CC1. The average molecular weight is 651 g/mol. The summed E-state index contributed by atoms with van der Waals surface area (Å²) in [6.07, 6.45) is 4.98. The summed E-state index contributed by atoms with van der Waals surface area (Å²) in [5.41, 5.74) is 2.47. The van der Waals surface area contributed by atoms with Gasteiger partial charge < -0.3 is 14.5 Å². The number of carbonyl (C=O) groups is 3. The number of aryl methyl sites for hydroxylation is 1. The van der Waals surface area contributed by atoms with Gasteiger partial charge in [0.05, 0.1) is 36.1 Å². The van der Waals surface area contributed by atoms with E-state index in [1.165, 1.54) is 11.2 Å². The maximum atomic E-state index is 16.5. The zero-order valence-electron chi connectivity index (χ0n) is 27.0. The Balaban J connectivity index is 1.16. The van der Waals surface area contributed by atoms with Crippen LogP contribution in [0.1, 0.15) is 65.0 Å². The highest BCUT2D eigenvalue weighted by Gasteiger charge is 2.72. The van der Waals surface area contributed by atoms with Crippen molar-refractivity contribution in [2.45, 2.75) is 78.1 Å². The van der Waals surface area contributed by atoms with Crippen LogP contribution in [0.15, 0.2) is 30.7 Å². The van der Waals surface area contributed by atoms with Crippen molar-refractivity contribution in [2.24, 2.45) is 17.3 Å². The van der Waals surface area contributed by atoms with Crippen molar-refractivity contribution in [1.29, 1.82) is 0 Å². The minimum Gasteiger partial charge on any atom is -0.444 e. The minimum absolute atomic E-state index is 0.113. The fourth-order valence-electron chi connectivity index (χ4n) is 7.67. The number of carbonyl (C=O) groups excluding carboxylic acids is 3. The third-order valence-electron chi connectivity index (χ3n) is 10.1. The Bertz CT molecular complexity index is 1730. The van der Waals surface area contributed by atoms with Crippen LogP contribution in [-0.4, -0.2) is 79.8 Å². The number of anilines is 1. The largest absolute Gasteiger partial charge is 0.444 e. The first kappa shape index (κ1) is 30.9. The van der Waals surface area contributed by atoms with Gasteiger partial charge in [-0.3, -0.25) is 14.5 Å². The second-order valence-corrected chi connectivity index (χ2v) is 15.4. The predicted octanol–water partition coefficient (Wildman–Crippen LogP) is 5.68. The molecule has 3 aromatic rings. The van der Waals surface area contributed by atoms with Gasteiger partial charge in [-0.25, -0.2) is 18.7 Å². The molecule has 12 heteroatoms. The summed E-state index contributed by atoms with van der Waals surface area (Å²) >= 11 is 6.66. The summed E-state index contributed by atoms with van der Waals surface area (Å²) < 4.78 is 23.7. The number of hydrogen-bond acceptors (Lipinski definition) is 7. The summed E-state index contributed by atoms with van der Waals surface area (Å²) in [7, 11) is 0. The number of nitrogens with zero attached hydrogens (tertiary/aromatic N) is 6. The molecule has 2 unspecified atom stereocenters. The molecule has 0 radical (unpaired) electrons. The number of benzene rings is 1. The fourth-order valence-corrected chi connectivity index (χ4v) is 7.91. The number of ether oxygens (including phenoxy) is 1. The van der Waals surface area contributed by atoms with Gasteiger partial charge in [0, 0.05) is 54.9 Å². The molecule has 2 aromatic heterocycles. The zero-order valence-corrected chi connectivity index (χ0v) is 27.7. The molecule has 1 saturated carbocycles. The monoisotopic (exact) mass is 650 g/mol. The predicted molar refractivity (Wildman–Crippen MR) is 171 cm³/mol. The van der Waals surface area contributed by atoms with E-state index in [1.807, 2.05) is 59.0 Å². The number of amides is 3. The number of hydrogen-bond donors (Lipinski definition) is 0. The molecule has 5 heterocycles. The molecule has 1 aromatic carbocycles. The Labute approximate surface area is 272 Å². The number of piperidine rings is 2. The van der Waals surface area contributed by atoms with Gasteiger partial charge in [0.1, 0.15) is 17.6 Å². The summed E-state index contributed by atoms with van der Waals surface area (Å²) in [5, 5.41) is 4.98. The van der Waals surface area contributed by atoms with Crippen LogP contribution in [0.5, 0.6) is 0 Å². The Hall–Kier alpha value is -3.73. The van der Waals surface area contributed by atoms with E-state index in [1.54, 1.807) is 9.42 Å². The normalized spacial score (nSPS) is 23.5. The Morgan fingerprint density at radius 1 is 1.09 bits per heavy atom. The number of alkyl halides is 1. The second kappa shape index (κ2) is 10.7. The van der Waals surface area contributed by atoms with E-state index in [2.05, 4.69) is 15.0 Å². The minimum atomic E-state index is -1.49. The smallest absolute Gasteiger partial charge is 0.410 e. The standard InChI is InChI=1S/C34H40ClFN6O4/c1-32(2,3)46-31(45)39-11-8-34(36,9-12-39)18-40-10-6-7-21-14-22(35)15-23(28(21)40)27-24-13-20(17-42(24)38-19-37-27)16-41-29(43)25-26(30(41)44)33(25,4)5/h13-15,17,19,25-26H,6-12,16,18H2,1-5H3. The van der Waals surface area contributed by atoms with Gasteiger partial charge in [0.15, 0.2) is 0 Å². The summed E-state index contributed by atoms with van der Waals surface area (Å²) in [6.45, 7) is 11.0. The molecule has 0 N–H and O–H groups in total. The van der Waals surface area contributed by atoms with Crippen molar-refractivity contribution in [3.8, 4) is 11.3 Å². The zero-order chi connectivity index (χ0) is 32.8. The van der Waals surface area contributed by atoms with Crippen molar-refractivity contribution in [1.82, 2.24) is 24.4 Å². The van der Waals surface area contributed by atoms with Crippen LogP contribution in [0.2, 0.25) is 5.02 Å². The highest BCUT2D eigenvalue weighted by atomic mass is 35.5. The van der Waals surface area contributed by atoms with E-state index in [4.69, 9.17) is 16.3 Å². The van der Waals surface area contributed by atoms with Crippen LogP contribution in [0.4, 0.5) is 14.9 Å². The number of halogens is 2. The highest BCUT2D eigenvalue weighted by molar-refractivity contribution is 6.31. The molecule has 244 valence electrons. The lowest BCUT2D eigenvalue weighted by Crippen LogP contribution is -2.51. The lowest BCUT2D eigenvalue weighted by Gasteiger charge is -2.42. The number of rotatable bonds is 5. The first-order valence-corrected chi connectivity index (χ1v) is 16.5. The molecule has 2 atom stereocenters. The summed E-state index contributed by atoms with van der Waals surface area (Å²) in [6, 6.07) is 5.73. The van der Waals surface area contributed by atoms with Crippen molar-refractivity contribution in [3.05, 3.63) is 46.9 Å². The Morgan fingerprint density at radius 2 is 1.78 bits per heavy atom. The summed E-state index contributed by atoms with van der Waals surface area (Å²) in [5.74, 6) is -0.698. The maximum Gasteiger partial charge on any atom is 0.410 e. The van der Waals surface area contributed by atoms with Crippen LogP contribution in [-0.2, 0) is 27.3 Å². The van der Waals surface area contributed by atoms with Crippen LogP contribution < -0.4 is 4.90 Å². The lowest BCUT2D eigenvalue weighted by molar-refractivity contribution is -0.143. The number of aromatic nitrogens is 3. The quantitative estimate of drug-likeness (QED) is 0.328. The fraction of sp³-hybridized carbons (Fsp3) is 0.559. The van der Waals surface area contributed by atoms with Crippen LogP contribution in [0.3, 0.4) is 0 Å². The Kier molecular flexibility index (Phi) is 7.15. The third kappa shape index (κ3) is 5.30. The lowest BCUT2D eigenvalue weighted by atomic mass is 9.90. The van der Waals surface area contributed by atoms with Crippen LogP contribution >= 0.6 is 11.6 Å². The van der Waals surface area contributed by atoms with Crippen molar-refractivity contribution in [3.63, 3.8) is 0 Å². The van der Waals surface area contributed by atoms with Gasteiger partial charge >= 0.3 is 6.09 Å². The van der Waals surface area contributed by atoms with E-state index in [0.29, 0.717) is 35.9 Å². The number of imide groups is 1. The van der Waals surface area contributed by atoms with E-state index in [-0.39, 0.29) is 55.0 Å². The molecule has 1 aliphatic carbocycles. The van der Waals surface area contributed by atoms with E-state index >= 15 is 4.39 Å². The highest BCUT2D eigenvalue weighted by Crippen LogP contribution is 2.63.